The summed E-state index contributed by atoms with van der Waals surface area (Å²) in [5.41, 5.74) is 2.93. The average Bonchev–Trinajstić information content (AvgIpc) is 2.36. The van der Waals surface area contributed by atoms with Crippen molar-refractivity contribution in [1.82, 2.24) is 4.98 Å². The summed E-state index contributed by atoms with van der Waals surface area (Å²) in [6.07, 6.45) is 0.830. The predicted molar refractivity (Wildman–Crippen MR) is 79.3 cm³/mol. The molecule has 0 fully saturated rings. The van der Waals surface area contributed by atoms with Gasteiger partial charge in [0.2, 0.25) is 0 Å². The highest BCUT2D eigenvalue weighted by atomic mass is 79.9. The highest BCUT2D eigenvalue weighted by molar-refractivity contribution is 9.10. The number of halogens is 1. The monoisotopic (exact) mass is 338 g/mol. The number of aryl methyl sites for hydroxylation is 1. The van der Waals surface area contributed by atoms with Gasteiger partial charge in [-0.05, 0) is 40.9 Å². The molecule has 19 heavy (non-hydrogen) atoms. The second-order valence-electron chi connectivity index (χ2n) is 4.16. The SMILES string of the molecule is CCc1c(C)nc2c(Br)cccc2c1SCC(=O)[O-]. The number of nitrogens with zero attached hydrogens (tertiary/aromatic N) is 1. The van der Waals surface area contributed by atoms with E-state index in [0.717, 1.165) is 37.9 Å². The molecule has 0 saturated carbocycles. The van der Waals surface area contributed by atoms with Crippen LogP contribution in [0.25, 0.3) is 10.9 Å². The van der Waals surface area contributed by atoms with Gasteiger partial charge < -0.3 is 9.90 Å². The van der Waals surface area contributed by atoms with E-state index in [1.807, 2.05) is 25.1 Å². The molecule has 0 spiro atoms. The van der Waals surface area contributed by atoms with Gasteiger partial charge in [-0.15, -0.1) is 11.8 Å². The predicted octanol–water partition coefficient (Wildman–Crippen LogP) is 2.71. The van der Waals surface area contributed by atoms with E-state index in [1.54, 1.807) is 0 Å². The largest absolute Gasteiger partial charge is 0.549 e. The Morgan fingerprint density at radius 1 is 1.47 bits per heavy atom. The summed E-state index contributed by atoms with van der Waals surface area (Å²) in [4.78, 5) is 16.3. The number of hydrogen-bond donors (Lipinski definition) is 0. The number of benzene rings is 1. The third-order valence-corrected chi connectivity index (χ3v) is 4.68. The molecule has 5 heteroatoms. The number of pyridine rings is 1. The van der Waals surface area contributed by atoms with Crippen molar-refractivity contribution in [3.8, 4) is 0 Å². The number of fused-ring (bicyclic) bond motifs is 1. The van der Waals surface area contributed by atoms with Crippen LogP contribution in [0.15, 0.2) is 27.6 Å². The standard InChI is InChI=1S/C14H14BrNO2S/c1-3-9-8(2)16-13-10(5-4-6-11(13)15)14(9)19-7-12(17)18/h4-6H,3,7H2,1-2H3,(H,17,18)/p-1. The van der Waals surface area contributed by atoms with Crippen molar-refractivity contribution in [2.45, 2.75) is 25.2 Å². The van der Waals surface area contributed by atoms with Crippen LogP contribution in [0.3, 0.4) is 0 Å². The molecule has 0 saturated heterocycles. The van der Waals surface area contributed by atoms with Gasteiger partial charge in [0.25, 0.3) is 0 Å². The number of aliphatic carboxylic acids is 1. The summed E-state index contributed by atoms with van der Waals surface area (Å²) < 4.78 is 0.922. The maximum Gasteiger partial charge on any atom is 0.0858 e. The Morgan fingerprint density at radius 3 is 2.84 bits per heavy atom. The molecule has 2 aromatic rings. The van der Waals surface area contributed by atoms with Crippen LogP contribution in [0.4, 0.5) is 0 Å². The van der Waals surface area contributed by atoms with E-state index in [4.69, 9.17) is 0 Å². The number of carboxylic acid groups (broad SMARTS) is 1. The molecule has 1 aromatic heterocycles. The molecule has 1 heterocycles. The van der Waals surface area contributed by atoms with Gasteiger partial charge in [-0.25, -0.2) is 0 Å². The molecule has 100 valence electrons. The van der Waals surface area contributed by atoms with Crippen molar-refractivity contribution in [1.29, 1.82) is 0 Å². The van der Waals surface area contributed by atoms with Crippen molar-refractivity contribution < 1.29 is 9.90 Å². The van der Waals surface area contributed by atoms with Crippen molar-refractivity contribution in [3.05, 3.63) is 33.9 Å². The summed E-state index contributed by atoms with van der Waals surface area (Å²) in [6, 6.07) is 5.85. The molecular weight excluding hydrogens is 326 g/mol. The number of rotatable bonds is 4. The van der Waals surface area contributed by atoms with Crippen LogP contribution in [0.5, 0.6) is 0 Å². The topological polar surface area (TPSA) is 53.0 Å². The summed E-state index contributed by atoms with van der Waals surface area (Å²) >= 11 is 4.80. The number of para-hydroxylation sites is 1. The molecule has 0 aliphatic rings. The zero-order chi connectivity index (χ0) is 14.0. The molecule has 0 aliphatic carbocycles. The van der Waals surface area contributed by atoms with Crippen molar-refractivity contribution in [3.63, 3.8) is 0 Å². The van der Waals surface area contributed by atoms with E-state index >= 15 is 0 Å². The Labute approximate surface area is 124 Å². The van der Waals surface area contributed by atoms with E-state index in [9.17, 15) is 9.90 Å². The Balaban J connectivity index is 2.68. The molecular formula is C14H13BrNO2S-. The lowest BCUT2D eigenvalue weighted by Gasteiger charge is -2.14. The minimum absolute atomic E-state index is 0.0436. The summed E-state index contributed by atoms with van der Waals surface area (Å²) in [6.45, 7) is 4.01. The maximum atomic E-state index is 10.7. The molecule has 1 aromatic carbocycles. The Bertz CT molecular complexity index is 643. The third-order valence-electron chi connectivity index (χ3n) is 2.91. The Hall–Kier alpha value is -1.07. The van der Waals surface area contributed by atoms with Gasteiger partial charge in [-0.3, -0.25) is 4.98 Å². The fourth-order valence-corrected chi connectivity index (χ4v) is 3.59. The van der Waals surface area contributed by atoms with E-state index in [2.05, 4.69) is 27.8 Å². The number of carbonyl (C=O) groups excluding carboxylic acids is 1. The summed E-state index contributed by atoms with van der Waals surface area (Å²) in [5.74, 6) is -1.09. The summed E-state index contributed by atoms with van der Waals surface area (Å²) in [7, 11) is 0. The van der Waals surface area contributed by atoms with Crippen molar-refractivity contribution in [2.24, 2.45) is 0 Å². The van der Waals surface area contributed by atoms with Crippen LogP contribution in [-0.2, 0) is 11.2 Å². The highest BCUT2D eigenvalue weighted by Crippen LogP contribution is 2.35. The van der Waals surface area contributed by atoms with Gasteiger partial charge in [0.05, 0.1) is 11.5 Å². The van der Waals surface area contributed by atoms with Gasteiger partial charge in [0.15, 0.2) is 0 Å². The van der Waals surface area contributed by atoms with E-state index in [0.29, 0.717) is 0 Å². The fraction of sp³-hybridized carbons (Fsp3) is 0.286. The number of aromatic nitrogens is 1. The zero-order valence-corrected chi connectivity index (χ0v) is 13.1. The highest BCUT2D eigenvalue weighted by Gasteiger charge is 2.13. The number of hydrogen-bond acceptors (Lipinski definition) is 4. The van der Waals surface area contributed by atoms with Crippen LogP contribution < -0.4 is 5.11 Å². The van der Waals surface area contributed by atoms with Gasteiger partial charge >= 0.3 is 0 Å². The summed E-state index contributed by atoms with van der Waals surface area (Å²) in [5, 5.41) is 11.7. The first-order valence-corrected chi connectivity index (χ1v) is 7.72. The smallest absolute Gasteiger partial charge is 0.0858 e. The van der Waals surface area contributed by atoms with Gasteiger partial charge in [-0.1, -0.05) is 19.1 Å². The minimum Gasteiger partial charge on any atom is -0.549 e. The molecule has 0 bridgehead atoms. The molecule has 2 rings (SSSR count). The van der Waals surface area contributed by atoms with E-state index in [-0.39, 0.29) is 5.75 Å². The second-order valence-corrected chi connectivity index (χ2v) is 6.00. The first kappa shape index (κ1) is 14.3. The van der Waals surface area contributed by atoms with Crippen LogP contribution >= 0.6 is 27.7 Å². The first-order chi connectivity index (χ1) is 9.04. The average molecular weight is 339 g/mol. The maximum absolute atomic E-state index is 10.7. The van der Waals surface area contributed by atoms with E-state index in [1.165, 1.54) is 11.8 Å². The molecule has 0 atom stereocenters. The van der Waals surface area contributed by atoms with E-state index < -0.39 is 5.97 Å². The van der Waals surface area contributed by atoms with Crippen LogP contribution in [0.2, 0.25) is 0 Å². The van der Waals surface area contributed by atoms with Crippen LogP contribution in [0, 0.1) is 6.92 Å². The molecule has 0 amide bonds. The normalized spacial score (nSPS) is 10.9. The Morgan fingerprint density at radius 2 is 2.21 bits per heavy atom. The minimum atomic E-state index is -1.05. The molecule has 0 aliphatic heterocycles. The molecule has 0 unspecified atom stereocenters. The zero-order valence-electron chi connectivity index (χ0n) is 10.7. The van der Waals surface area contributed by atoms with Gasteiger partial charge in [-0.2, -0.15) is 0 Å². The van der Waals surface area contributed by atoms with Crippen LogP contribution in [0.1, 0.15) is 18.2 Å². The quantitative estimate of drug-likeness (QED) is 0.804. The number of thioether (sulfide) groups is 1. The lowest BCUT2D eigenvalue weighted by Crippen LogP contribution is -2.24. The van der Waals surface area contributed by atoms with Crippen molar-refractivity contribution in [2.75, 3.05) is 5.75 Å². The van der Waals surface area contributed by atoms with Crippen LogP contribution in [-0.4, -0.2) is 16.7 Å². The first-order valence-electron chi connectivity index (χ1n) is 5.95. The van der Waals surface area contributed by atoms with Crippen molar-refractivity contribution >= 4 is 44.6 Å². The lowest BCUT2D eigenvalue weighted by atomic mass is 10.1. The lowest BCUT2D eigenvalue weighted by molar-refractivity contribution is -0.301. The molecule has 0 N–H and O–H groups in total. The number of carbonyl (C=O) groups is 1. The van der Waals surface area contributed by atoms with Gasteiger partial charge in [0.1, 0.15) is 0 Å². The van der Waals surface area contributed by atoms with Gasteiger partial charge in [0, 0.05) is 26.2 Å². The third kappa shape index (κ3) is 2.92. The molecule has 0 radical (unpaired) electrons. The number of carboxylic acids is 1. The Kier molecular flexibility index (Phi) is 4.47. The molecule has 3 nitrogen and oxygen atoms in total. The fourth-order valence-electron chi connectivity index (χ4n) is 2.09. The second kappa shape index (κ2) is 5.92.